The Bertz CT molecular complexity index is 400. The highest BCUT2D eigenvalue weighted by Crippen LogP contribution is 2.03. The van der Waals surface area contributed by atoms with Crippen LogP contribution < -0.4 is 5.56 Å². The number of nitrogens with zero attached hydrogens (tertiary/aromatic N) is 1. The number of aryl methyl sites for hydroxylation is 1. The van der Waals surface area contributed by atoms with Crippen molar-refractivity contribution in [2.24, 2.45) is 0 Å². The molecule has 82 valence electrons. The topological polar surface area (TPSA) is 48.3 Å². The van der Waals surface area contributed by atoms with E-state index in [1.54, 1.807) is 19.2 Å². The molecule has 1 rings (SSSR count). The van der Waals surface area contributed by atoms with Crippen molar-refractivity contribution in [3.05, 3.63) is 33.2 Å². The fraction of sp³-hybridized carbons (Fsp3) is 0.400. The maximum absolute atomic E-state index is 11.4. The summed E-state index contributed by atoms with van der Waals surface area (Å²) in [6, 6.07) is 3.22. The average molecular weight is 274 g/mol. The van der Waals surface area contributed by atoms with Crippen LogP contribution in [-0.4, -0.2) is 17.1 Å². The molecule has 1 aromatic heterocycles. The second-order valence-electron chi connectivity index (χ2n) is 2.93. The first-order chi connectivity index (χ1) is 7.13. The number of aromatic nitrogens is 1. The molecule has 0 bridgehead atoms. The Labute approximate surface area is 96.0 Å². The van der Waals surface area contributed by atoms with Gasteiger partial charge in [0.25, 0.3) is 5.56 Å². The molecule has 0 aliphatic heterocycles. The molecule has 15 heavy (non-hydrogen) atoms. The van der Waals surface area contributed by atoms with Crippen molar-refractivity contribution >= 4 is 21.9 Å². The van der Waals surface area contributed by atoms with Crippen LogP contribution in [0.15, 0.2) is 27.6 Å². The third kappa shape index (κ3) is 3.87. The van der Waals surface area contributed by atoms with Crippen LogP contribution in [-0.2, 0) is 16.1 Å². The van der Waals surface area contributed by atoms with Crippen LogP contribution in [0.3, 0.4) is 0 Å². The highest BCUT2D eigenvalue weighted by molar-refractivity contribution is 9.10. The minimum absolute atomic E-state index is 0.131. The maximum atomic E-state index is 11.4. The van der Waals surface area contributed by atoms with Gasteiger partial charge < -0.3 is 9.30 Å². The van der Waals surface area contributed by atoms with E-state index in [9.17, 15) is 9.59 Å². The average Bonchev–Trinajstić information content (AvgIpc) is 2.17. The van der Waals surface area contributed by atoms with Gasteiger partial charge in [-0.1, -0.05) is 15.9 Å². The van der Waals surface area contributed by atoms with Gasteiger partial charge in [0.15, 0.2) is 0 Å². The summed E-state index contributed by atoms with van der Waals surface area (Å²) in [5.41, 5.74) is -0.131. The SMILES string of the molecule is CCOC(=O)CCn1ccc(Br)cc1=O. The van der Waals surface area contributed by atoms with E-state index in [2.05, 4.69) is 15.9 Å². The summed E-state index contributed by atoms with van der Waals surface area (Å²) >= 11 is 3.20. The number of rotatable bonds is 4. The fourth-order valence-corrected chi connectivity index (χ4v) is 1.43. The van der Waals surface area contributed by atoms with E-state index in [1.807, 2.05) is 0 Å². The summed E-state index contributed by atoms with van der Waals surface area (Å²) in [5.74, 6) is -0.285. The molecule has 0 amide bonds. The normalized spacial score (nSPS) is 10.0. The van der Waals surface area contributed by atoms with E-state index in [0.717, 1.165) is 4.47 Å². The van der Waals surface area contributed by atoms with Gasteiger partial charge in [-0.25, -0.2) is 0 Å². The molecule has 1 aromatic rings. The van der Waals surface area contributed by atoms with Crippen molar-refractivity contribution in [3.63, 3.8) is 0 Å². The molecule has 0 aliphatic carbocycles. The highest BCUT2D eigenvalue weighted by Gasteiger charge is 2.03. The lowest BCUT2D eigenvalue weighted by atomic mass is 10.4. The van der Waals surface area contributed by atoms with Gasteiger partial charge in [-0.3, -0.25) is 9.59 Å². The molecule has 0 aromatic carbocycles. The molecule has 0 spiro atoms. The van der Waals surface area contributed by atoms with Crippen LogP contribution in [0.2, 0.25) is 0 Å². The number of pyridine rings is 1. The van der Waals surface area contributed by atoms with Crippen LogP contribution in [0.1, 0.15) is 13.3 Å². The Morgan fingerprint density at radius 1 is 1.60 bits per heavy atom. The summed E-state index contributed by atoms with van der Waals surface area (Å²) in [4.78, 5) is 22.4. The van der Waals surface area contributed by atoms with E-state index >= 15 is 0 Å². The van der Waals surface area contributed by atoms with Crippen molar-refractivity contribution < 1.29 is 9.53 Å². The van der Waals surface area contributed by atoms with Gasteiger partial charge >= 0.3 is 5.97 Å². The van der Waals surface area contributed by atoms with E-state index in [-0.39, 0.29) is 17.9 Å². The molecular weight excluding hydrogens is 262 g/mol. The van der Waals surface area contributed by atoms with Gasteiger partial charge in [-0.2, -0.15) is 0 Å². The van der Waals surface area contributed by atoms with E-state index in [1.165, 1.54) is 10.6 Å². The standard InChI is InChI=1S/C10H12BrNO3/c1-2-15-10(14)4-6-12-5-3-8(11)7-9(12)13/h3,5,7H,2,4,6H2,1H3. The molecule has 0 atom stereocenters. The third-order valence-corrected chi connectivity index (χ3v) is 2.31. The zero-order chi connectivity index (χ0) is 11.3. The molecule has 0 fully saturated rings. The van der Waals surface area contributed by atoms with Crippen LogP contribution >= 0.6 is 15.9 Å². The van der Waals surface area contributed by atoms with E-state index in [0.29, 0.717) is 13.2 Å². The van der Waals surface area contributed by atoms with Crippen LogP contribution in [0.4, 0.5) is 0 Å². The first-order valence-corrected chi connectivity index (χ1v) is 5.44. The summed E-state index contributed by atoms with van der Waals surface area (Å²) < 4.78 is 6.97. The van der Waals surface area contributed by atoms with E-state index < -0.39 is 0 Å². The second-order valence-corrected chi connectivity index (χ2v) is 3.85. The maximum Gasteiger partial charge on any atom is 0.307 e. The van der Waals surface area contributed by atoms with Crippen molar-refractivity contribution in [2.45, 2.75) is 19.9 Å². The Morgan fingerprint density at radius 3 is 2.93 bits per heavy atom. The number of ether oxygens (including phenoxy) is 1. The molecule has 0 saturated heterocycles. The quantitative estimate of drug-likeness (QED) is 0.783. The summed E-state index contributed by atoms with van der Waals surface area (Å²) in [6.45, 7) is 2.47. The van der Waals surface area contributed by atoms with Crippen LogP contribution in [0.5, 0.6) is 0 Å². The lowest BCUT2D eigenvalue weighted by Crippen LogP contribution is -2.20. The molecular formula is C10H12BrNO3. The van der Waals surface area contributed by atoms with Crippen molar-refractivity contribution in [1.82, 2.24) is 4.57 Å². The summed E-state index contributed by atoms with van der Waals surface area (Å²) in [6.07, 6.45) is 1.86. The minimum Gasteiger partial charge on any atom is -0.466 e. The predicted octanol–water partition coefficient (Wildman–Crippen LogP) is 1.56. The van der Waals surface area contributed by atoms with Crippen molar-refractivity contribution in [3.8, 4) is 0 Å². The molecule has 0 radical (unpaired) electrons. The first-order valence-electron chi connectivity index (χ1n) is 4.65. The number of carbonyl (C=O) groups is 1. The Hall–Kier alpha value is -1.10. The van der Waals surface area contributed by atoms with Crippen molar-refractivity contribution in [2.75, 3.05) is 6.61 Å². The number of esters is 1. The largest absolute Gasteiger partial charge is 0.466 e. The molecule has 5 heteroatoms. The third-order valence-electron chi connectivity index (χ3n) is 1.82. The minimum atomic E-state index is -0.285. The van der Waals surface area contributed by atoms with Crippen LogP contribution in [0.25, 0.3) is 0 Å². The Morgan fingerprint density at radius 2 is 2.33 bits per heavy atom. The monoisotopic (exact) mass is 273 g/mol. The molecule has 4 nitrogen and oxygen atoms in total. The van der Waals surface area contributed by atoms with Gasteiger partial charge in [0.2, 0.25) is 0 Å². The molecule has 1 heterocycles. The molecule has 0 aliphatic rings. The molecule has 0 unspecified atom stereocenters. The zero-order valence-corrected chi connectivity index (χ0v) is 9.99. The molecule has 0 N–H and O–H groups in total. The lowest BCUT2D eigenvalue weighted by molar-refractivity contribution is -0.143. The smallest absolute Gasteiger partial charge is 0.307 e. The number of halogens is 1. The van der Waals surface area contributed by atoms with Gasteiger partial charge in [0, 0.05) is 23.3 Å². The van der Waals surface area contributed by atoms with E-state index in [4.69, 9.17) is 4.74 Å². The fourth-order valence-electron chi connectivity index (χ4n) is 1.11. The van der Waals surface area contributed by atoms with Gasteiger partial charge in [0.1, 0.15) is 0 Å². The Balaban J connectivity index is 2.58. The summed E-state index contributed by atoms with van der Waals surface area (Å²) in [5, 5.41) is 0. The number of hydrogen-bond donors (Lipinski definition) is 0. The van der Waals surface area contributed by atoms with Gasteiger partial charge in [-0.05, 0) is 13.0 Å². The van der Waals surface area contributed by atoms with Crippen LogP contribution in [0, 0.1) is 0 Å². The summed E-state index contributed by atoms with van der Waals surface area (Å²) in [7, 11) is 0. The number of carbonyl (C=O) groups excluding carboxylic acids is 1. The van der Waals surface area contributed by atoms with Crippen molar-refractivity contribution in [1.29, 1.82) is 0 Å². The zero-order valence-electron chi connectivity index (χ0n) is 8.40. The highest BCUT2D eigenvalue weighted by atomic mass is 79.9. The lowest BCUT2D eigenvalue weighted by Gasteiger charge is -2.04. The predicted molar refractivity (Wildman–Crippen MR) is 59.7 cm³/mol. The van der Waals surface area contributed by atoms with Gasteiger partial charge in [-0.15, -0.1) is 0 Å². The second kappa shape index (κ2) is 5.70. The first kappa shape index (κ1) is 12.0. The Kier molecular flexibility index (Phi) is 4.55. The van der Waals surface area contributed by atoms with Gasteiger partial charge in [0.05, 0.1) is 13.0 Å². The molecule has 0 saturated carbocycles. The number of hydrogen-bond acceptors (Lipinski definition) is 3.